The number of alkyl halides is 3. The van der Waals surface area contributed by atoms with Crippen LogP contribution >= 0.6 is 0 Å². The molecule has 0 unspecified atom stereocenters. The molecule has 1 aromatic carbocycles. The van der Waals surface area contributed by atoms with Crippen LogP contribution < -0.4 is 0 Å². The number of hydrogen-bond acceptors (Lipinski definition) is 2. The van der Waals surface area contributed by atoms with Gasteiger partial charge >= 0.3 is 6.18 Å². The van der Waals surface area contributed by atoms with Crippen LogP contribution in [0.3, 0.4) is 0 Å². The van der Waals surface area contributed by atoms with Crippen molar-refractivity contribution in [1.82, 2.24) is 9.78 Å². The van der Waals surface area contributed by atoms with Crippen molar-refractivity contribution in [1.29, 1.82) is 0 Å². The summed E-state index contributed by atoms with van der Waals surface area (Å²) in [6.07, 6.45) is -4.07. The zero-order valence-corrected chi connectivity index (χ0v) is 11.2. The number of hydrogen-bond donors (Lipinski definition) is 0. The van der Waals surface area contributed by atoms with Crippen LogP contribution in [0.25, 0.3) is 11.1 Å². The molecule has 2 aromatic rings. The molecule has 0 aliphatic heterocycles. The van der Waals surface area contributed by atoms with Gasteiger partial charge in [-0.15, -0.1) is 0 Å². The third-order valence-corrected chi connectivity index (χ3v) is 3.22. The number of rotatable bonds is 2. The van der Waals surface area contributed by atoms with Crippen molar-refractivity contribution in [3.8, 4) is 11.1 Å². The molecule has 1 heterocycles. The molecule has 0 spiro atoms. The van der Waals surface area contributed by atoms with Gasteiger partial charge in [-0.25, -0.2) is 0 Å². The van der Waals surface area contributed by atoms with Gasteiger partial charge in [-0.1, -0.05) is 0 Å². The van der Waals surface area contributed by atoms with E-state index in [0.29, 0.717) is 23.1 Å². The van der Waals surface area contributed by atoms with Gasteiger partial charge in [-0.2, -0.15) is 18.3 Å². The Morgan fingerprint density at radius 1 is 1.20 bits per heavy atom. The largest absolute Gasteiger partial charge is 0.416 e. The quantitative estimate of drug-likeness (QED) is 0.790. The average molecular weight is 282 g/mol. The van der Waals surface area contributed by atoms with E-state index in [1.807, 2.05) is 0 Å². The van der Waals surface area contributed by atoms with Crippen molar-refractivity contribution in [2.75, 3.05) is 0 Å². The van der Waals surface area contributed by atoms with Crippen LogP contribution in [0.4, 0.5) is 13.2 Å². The maximum atomic E-state index is 12.9. The fourth-order valence-electron chi connectivity index (χ4n) is 2.22. The second-order valence-electron chi connectivity index (χ2n) is 4.63. The van der Waals surface area contributed by atoms with Gasteiger partial charge in [0, 0.05) is 23.9 Å². The zero-order chi connectivity index (χ0) is 15.1. The molecule has 0 radical (unpaired) electrons. The summed E-state index contributed by atoms with van der Waals surface area (Å²) in [4.78, 5) is 10.9. The van der Waals surface area contributed by atoms with Gasteiger partial charge in [0.15, 0.2) is 0 Å². The summed E-state index contributed by atoms with van der Waals surface area (Å²) in [6, 6.07) is 3.33. The van der Waals surface area contributed by atoms with Gasteiger partial charge in [0.25, 0.3) is 0 Å². The van der Waals surface area contributed by atoms with Crippen LogP contribution in [0.5, 0.6) is 0 Å². The lowest BCUT2D eigenvalue weighted by atomic mass is 9.98. The van der Waals surface area contributed by atoms with Crippen LogP contribution in [0.1, 0.15) is 27.3 Å². The zero-order valence-electron chi connectivity index (χ0n) is 11.2. The molecule has 0 atom stereocenters. The minimum absolute atomic E-state index is 0.00234. The van der Waals surface area contributed by atoms with E-state index in [1.54, 1.807) is 25.6 Å². The first kappa shape index (κ1) is 14.3. The lowest BCUT2D eigenvalue weighted by Crippen LogP contribution is -2.06. The van der Waals surface area contributed by atoms with Crippen LogP contribution in [0, 0.1) is 13.8 Å². The van der Waals surface area contributed by atoms with E-state index in [1.165, 1.54) is 6.07 Å². The fraction of sp³-hybridized carbons (Fsp3) is 0.286. The molecule has 0 amide bonds. The molecular formula is C14H13F3N2O. The van der Waals surface area contributed by atoms with Crippen LogP contribution in [-0.2, 0) is 13.2 Å². The van der Waals surface area contributed by atoms with E-state index >= 15 is 0 Å². The minimum Gasteiger partial charge on any atom is -0.298 e. The monoisotopic (exact) mass is 282 g/mol. The van der Waals surface area contributed by atoms with Gasteiger partial charge in [-0.05, 0) is 37.6 Å². The van der Waals surface area contributed by atoms with Crippen molar-refractivity contribution in [2.24, 2.45) is 7.05 Å². The molecule has 20 heavy (non-hydrogen) atoms. The van der Waals surface area contributed by atoms with E-state index in [9.17, 15) is 18.0 Å². The van der Waals surface area contributed by atoms with Gasteiger partial charge in [0.2, 0.25) is 0 Å². The maximum absolute atomic E-state index is 12.9. The van der Waals surface area contributed by atoms with Crippen molar-refractivity contribution >= 4 is 6.29 Å². The number of aryl methyl sites for hydroxylation is 2. The highest BCUT2D eigenvalue weighted by Gasteiger charge is 2.31. The Morgan fingerprint density at radius 2 is 1.85 bits per heavy atom. The number of benzene rings is 1. The number of halogens is 3. The smallest absolute Gasteiger partial charge is 0.298 e. The van der Waals surface area contributed by atoms with Crippen molar-refractivity contribution in [3.05, 3.63) is 40.7 Å². The van der Waals surface area contributed by atoms with Crippen LogP contribution in [0.2, 0.25) is 0 Å². The molecule has 6 heteroatoms. The lowest BCUT2D eigenvalue weighted by molar-refractivity contribution is -0.137. The van der Waals surface area contributed by atoms with Gasteiger partial charge in [0.1, 0.15) is 6.29 Å². The Kier molecular flexibility index (Phi) is 3.41. The molecule has 0 saturated carbocycles. The van der Waals surface area contributed by atoms with Gasteiger partial charge in [-0.3, -0.25) is 9.48 Å². The second kappa shape index (κ2) is 4.77. The Bertz CT molecular complexity index is 672. The summed E-state index contributed by atoms with van der Waals surface area (Å²) in [5.41, 5.74) is 1.52. The fourth-order valence-corrected chi connectivity index (χ4v) is 2.22. The summed E-state index contributed by atoms with van der Waals surface area (Å²) in [5.74, 6) is 0. The first-order valence-corrected chi connectivity index (χ1v) is 5.92. The molecule has 0 aliphatic rings. The SMILES string of the molecule is Cc1nn(C)c(C)c1-c1cc(C=O)cc(C(F)(F)F)c1. The predicted molar refractivity (Wildman–Crippen MR) is 68.5 cm³/mol. The van der Waals surface area contributed by atoms with Crippen LogP contribution in [-0.4, -0.2) is 16.1 Å². The number of nitrogens with zero attached hydrogens (tertiary/aromatic N) is 2. The molecule has 1 aromatic heterocycles. The Balaban J connectivity index is 2.71. The molecule has 0 aliphatic carbocycles. The molecule has 0 N–H and O–H groups in total. The molecule has 0 bridgehead atoms. The summed E-state index contributed by atoms with van der Waals surface area (Å²) < 4.78 is 40.2. The normalized spacial score (nSPS) is 11.7. The average Bonchev–Trinajstić information content (AvgIpc) is 2.61. The first-order chi connectivity index (χ1) is 9.24. The first-order valence-electron chi connectivity index (χ1n) is 5.92. The molecular weight excluding hydrogens is 269 g/mol. The molecule has 0 saturated heterocycles. The molecule has 2 rings (SSSR count). The Labute approximate surface area is 114 Å². The summed E-state index contributed by atoms with van der Waals surface area (Å²) >= 11 is 0. The standard InChI is InChI=1S/C14H13F3N2O/c1-8-13(9(2)19(3)18-8)11-4-10(7-20)5-12(6-11)14(15,16)17/h4-7H,1-3H3. The number of carbonyl (C=O) groups is 1. The van der Waals surface area contributed by atoms with Crippen LogP contribution in [0.15, 0.2) is 18.2 Å². The summed E-state index contributed by atoms with van der Waals surface area (Å²) in [5, 5.41) is 4.18. The predicted octanol–water partition coefficient (Wildman–Crippen LogP) is 3.54. The molecule has 3 nitrogen and oxygen atoms in total. The van der Waals surface area contributed by atoms with Gasteiger partial charge in [0.05, 0.1) is 11.3 Å². The Hall–Kier alpha value is -2.11. The summed E-state index contributed by atoms with van der Waals surface area (Å²) in [6.45, 7) is 3.50. The highest BCUT2D eigenvalue weighted by atomic mass is 19.4. The van der Waals surface area contributed by atoms with E-state index < -0.39 is 11.7 Å². The van der Waals surface area contributed by atoms with E-state index in [-0.39, 0.29) is 5.56 Å². The third-order valence-electron chi connectivity index (χ3n) is 3.22. The van der Waals surface area contributed by atoms with Crippen molar-refractivity contribution in [2.45, 2.75) is 20.0 Å². The topological polar surface area (TPSA) is 34.9 Å². The van der Waals surface area contributed by atoms with E-state index in [0.717, 1.165) is 17.8 Å². The van der Waals surface area contributed by atoms with Crippen molar-refractivity contribution in [3.63, 3.8) is 0 Å². The third kappa shape index (κ3) is 2.45. The van der Waals surface area contributed by atoms with E-state index in [2.05, 4.69) is 5.10 Å². The molecule has 106 valence electrons. The second-order valence-corrected chi connectivity index (χ2v) is 4.63. The van der Waals surface area contributed by atoms with E-state index in [4.69, 9.17) is 0 Å². The Morgan fingerprint density at radius 3 is 2.30 bits per heavy atom. The maximum Gasteiger partial charge on any atom is 0.416 e. The van der Waals surface area contributed by atoms with Crippen molar-refractivity contribution < 1.29 is 18.0 Å². The highest BCUT2D eigenvalue weighted by Crippen LogP contribution is 2.35. The minimum atomic E-state index is -4.49. The summed E-state index contributed by atoms with van der Waals surface area (Å²) in [7, 11) is 1.72. The number of carbonyl (C=O) groups excluding carboxylic acids is 1. The molecule has 0 fully saturated rings. The highest BCUT2D eigenvalue weighted by molar-refractivity contribution is 5.80. The number of aromatic nitrogens is 2. The number of aldehydes is 1. The lowest BCUT2D eigenvalue weighted by Gasteiger charge is -2.10. The van der Waals surface area contributed by atoms with Gasteiger partial charge < -0.3 is 0 Å².